The molecular weight excluding hydrogens is 144 g/mol. The van der Waals surface area contributed by atoms with Crippen LogP contribution in [0, 0.1) is 6.92 Å². The summed E-state index contributed by atoms with van der Waals surface area (Å²) in [6.45, 7) is 1.81. The Morgan fingerprint density at radius 2 is 2.55 bits per heavy atom. The normalized spacial score (nSPS) is 11.7. The van der Waals surface area contributed by atoms with E-state index in [-0.39, 0.29) is 0 Å². The lowest BCUT2D eigenvalue weighted by Gasteiger charge is -1.81. The van der Waals surface area contributed by atoms with Crippen molar-refractivity contribution in [2.75, 3.05) is 0 Å². The molecule has 0 unspecified atom stereocenters. The standard InChI is InChI=1S/C7H8N2O2/c1-6-7(5-9-11-6)3-2-4-8-10/h2-5,10H,1H3/b3-2?,8-4-. The predicted octanol–water partition coefficient (Wildman–Crippen LogP) is 1.46. The zero-order valence-electron chi connectivity index (χ0n) is 6.06. The van der Waals surface area contributed by atoms with Gasteiger partial charge in [-0.3, -0.25) is 0 Å². The highest BCUT2D eigenvalue weighted by atomic mass is 16.5. The SMILES string of the molecule is Cc1oncc1C=C/C=N\O. The highest BCUT2D eigenvalue weighted by molar-refractivity contribution is 5.77. The Hall–Kier alpha value is -1.58. The first-order valence-corrected chi connectivity index (χ1v) is 3.10. The predicted molar refractivity (Wildman–Crippen MR) is 40.6 cm³/mol. The molecule has 0 radical (unpaired) electrons. The van der Waals surface area contributed by atoms with Crippen LogP contribution in [0.5, 0.6) is 0 Å². The summed E-state index contributed by atoms with van der Waals surface area (Å²) >= 11 is 0. The topological polar surface area (TPSA) is 58.6 Å². The lowest BCUT2D eigenvalue weighted by molar-refractivity contribution is 0.322. The summed E-state index contributed by atoms with van der Waals surface area (Å²) in [5, 5.41) is 14.4. The molecule has 1 heterocycles. The summed E-state index contributed by atoms with van der Waals surface area (Å²) in [5.74, 6) is 0.743. The molecule has 0 aliphatic rings. The van der Waals surface area contributed by atoms with Crippen LogP contribution in [0.15, 0.2) is 22.0 Å². The van der Waals surface area contributed by atoms with Crippen molar-refractivity contribution in [3.63, 3.8) is 0 Å². The van der Waals surface area contributed by atoms with E-state index in [1.54, 1.807) is 18.3 Å². The van der Waals surface area contributed by atoms with Gasteiger partial charge >= 0.3 is 0 Å². The monoisotopic (exact) mass is 152 g/mol. The summed E-state index contributed by atoms with van der Waals surface area (Å²) in [4.78, 5) is 0. The van der Waals surface area contributed by atoms with Crippen molar-refractivity contribution in [1.29, 1.82) is 0 Å². The highest BCUT2D eigenvalue weighted by Gasteiger charge is 1.95. The number of oxime groups is 1. The second-order valence-corrected chi connectivity index (χ2v) is 1.96. The van der Waals surface area contributed by atoms with Crippen molar-refractivity contribution >= 4 is 12.3 Å². The smallest absolute Gasteiger partial charge is 0.140 e. The first-order chi connectivity index (χ1) is 5.34. The van der Waals surface area contributed by atoms with Gasteiger partial charge < -0.3 is 9.73 Å². The average Bonchev–Trinajstić information content (AvgIpc) is 2.37. The molecule has 1 N–H and O–H groups in total. The molecule has 0 atom stereocenters. The fraction of sp³-hybridized carbons (Fsp3) is 0.143. The lowest BCUT2D eigenvalue weighted by Crippen LogP contribution is -1.69. The Labute approximate surface area is 63.8 Å². The number of aromatic nitrogens is 1. The number of hydrogen-bond donors (Lipinski definition) is 1. The third kappa shape index (κ3) is 1.93. The van der Waals surface area contributed by atoms with Crippen molar-refractivity contribution in [3.05, 3.63) is 23.6 Å². The molecule has 1 rings (SSSR count). The van der Waals surface area contributed by atoms with Crippen molar-refractivity contribution in [3.8, 4) is 0 Å². The van der Waals surface area contributed by atoms with Crippen LogP contribution in [0.2, 0.25) is 0 Å². The van der Waals surface area contributed by atoms with E-state index in [0.29, 0.717) is 0 Å². The van der Waals surface area contributed by atoms with Gasteiger partial charge in [0.25, 0.3) is 0 Å². The molecular formula is C7H8N2O2. The molecule has 0 spiro atoms. The number of rotatable bonds is 2. The van der Waals surface area contributed by atoms with Crippen molar-refractivity contribution < 1.29 is 9.73 Å². The van der Waals surface area contributed by atoms with Gasteiger partial charge in [-0.05, 0) is 19.1 Å². The van der Waals surface area contributed by atoms with Gasteiger partial charge in [0, 0.05) is 5.56 Å². The van der Waals surface area contributed by atoms with Crippen molar-refractivity contribution in [1.82, 2.24) is 5.16 Å². The Morgan fingerprint density at radius 1 is 1.73 bits per heavy atom. The molecule has 0 bridgehead atoms. The van der Waals surface area contributed by atoms with Crippen LogP contribution in [0.25, 0.3) is 6.08 Å². The van der Waals surface area contributed by atoms with Gasteiger partial charge in [0.1, 0.15) is 5.76 Å². The van der Waals surface area contributed by atoms with Gasteiger partial charge in [-0.25, -0.2) is 0 Å². The first kappa shape index (κ1) is 7.53. The minimum absolute atomic E-state index is 0.743. The van der Waals surface area contributed by atoms with Gasteiger partial charge in [0.05, 0.1) is 12.4 Å². The fourth-order valence-electron chi connectivity index (χ4n) is 0.651. The minimum Gasteiger partial charge on any atom is -0.411 e. The van der Waals surface area contributed by atoms with E-state index in [4.69, 9.17) is 9.73 Å². The van der Waals surface area contributed by atoms with Gasteiger partial charge in [0.2, 0.25) is 0 Å². The number of aryl methyl sites for hydroxylation is 1. The maximum atomic E-state index is 8.04. The third-order valence-corrected chi connectivity index (χ3v) is 1.22. The molecule has 4 nitrogen and oxygen atoms in total. The van der Waals surface area contributed by atoms with Crippen molar-refractivity contribution in [2.45, 2.75) is 6.92 Å². The molecule has 0 aliphatic carbocycles. The maximum Gasteiger partial charge on any atom is 0.140 e. The van der Waals surface area contributed by atoms with Crippen LogP contribution in [-0.4, -0.2) is 16.6 Å². The molecule has 0 aliphatic heterocycles. The lowest BCUT2D eigenvalue weighted by atomic mass is 10.2. The van der Waals surface area contributed by atoms with Gasteiger partial charge in [-0.1, -0.05) is 10.3 Å². The summed E-state index contributed by atoms with van der Waals surface area (Å²) in [7, 11) is 0. The van der Waals surface area contributed by atoms with Crippen LogP contribution in [0.1, 0.15) is 11.3 Å². The Bertz CT molecular complexity index is 276. The average molecular weight is 152 g/mol. The van der Waals surface area contributed by atoms with Crippen LogP contribution in [0.3, 0.4) is 0 Å². The third-order valence-electron chi connectivity index (χ3n) is 1.22. The van der Waals surface area contributed by atoms with Gasteiger partial charge in [-0.15, -0.1) is 0 Å². The Kier molecular flexibility index (Phi) is 2.43. The Balaban J connectivity index is 2.71. The van der Waals surface area contributed by atoms with Crippen molar-refractivity contribution in [2.24, 2.45) is 5.16 Å². The zero-order valence-corrected chi connectivity index (χ0v) is 6.06. The second kappa shape index (κ2) is 3.55. The molecule has 1 aromatic rings. The van der Waals surface area contributed by atoms with E-state index in [2.05, 4.69) is 10.3 Å². The number of hydrogen-bond acceptors (Lipinski definition) is 4. The summed E-state index contributed by atoms with van der Waals surface area (Å²) in [6.07, 6.45) is 6.20. The van der Waals surface area contributed by atoms with E-state index in [1.807, 2.05) is 6.92 Å². The molecule has 0 fully saturated rings. The molecule has 1 aromatic heterocycles. The maximum absolute atomic E-state index is 8.04. The highest BCUT2D eigenvalue weighted by Crippen LogP contribution is 2.06. The zero-order chi connectivity index (χ0) is 8.10. The number of nitrogens with zero attached hydrogens (tertiary/aromatic N) is 2. The molecule has 4 heteroatoms. The largest absolute Gasteiger partial charge is 0.411 e. The van der Waals surface area contributed by atoms with E-state index in [9.17, 15) is 0 Å². The van der Waals surface area contributed by atoms with E-state index >= 15 is 0 Å². The summed E-state index contributed by atoms with van der Waals surface area (Å²) in [5.41, 5.74) is 0.880. The molecule has 0 amide bonds. The quantitative estimate of drug-likeness (QED) is 0.396. The van der Waals surface area contributed by atoms with Gasteiger partial charge in [-0.2, -0.15) is 0 Å². The summed E-state index contributed by atoms with van der Waals surface area (Å²) < 4.78 is 4.79. The van der Waals surface area contributed by atoms with E-state index < -0.39 is 0 Å². The minimum atomic E-state index is 0.743. The van der Waals surface area contributed by atoms with E-state index in [1.165, 1.54) is 6.21 Å². The van der Waals surface area contributed by atoms with Crippen LogP contribution in [-0.2, 0) is 0 Å². The fourth-order valence-corrected chi connectivity index (χ4v) is 0.651. The Morgan fingerprint density at radius 3 is 3.09 bits per heavy atom. The van der Waals surface area contributed by atoms with Crippen LogP contribution >= 0.6 is 0 Å². The number of allylic oxidation sites excluding steroid dienone is 1. The van der Waals surface area contributed by atoms with Crippen LogP contribution in [0.4, 0.5) is 0 Å². The molecule has 0 aromatic carbocycles. The van der Waals surface area contributed by atoms with Crippen LogP contribution < -0.4 is 0 Å². The molecule has 0 saturated heterocycles. The van der Waals surface area contributed by atoms with E-state index in [0.717, 1.165) is 11.3 Å². The second-order valence-electron chi connectivity index (χ2n) is 1.96. The first-order valence-electron chi connectivity index (χ1n) is 3.10. The molecule has 11 heavy (non-hydrogen) atoms. The molecule has 58 valence electrons. The summed E-state index contributed by atoms with van der Waals surface area (Å²) in [6, 6.07) is 0. The van der Waals surface area contributed by atoms with Gasteiger partial charge in [0.15, 0.2) is 0 Å². The molecule has 0 saturated carbocycles.